The lowest BCUT2D eigenvalue weighted by Gasteiger charge is -2.11. The number of hydrogen-bond donors (Lipinski definition) is 2. The maximum Gasteiger partial charge on any atom is 0.322 e. The Morgan fingerprint density at radius 1 is 1.56 bits per heavy atom. The minimum absolute atomic E-state index is 0.0969. The SMILES string of the molecule is COC(=O)[C@H](N)Cc1cc(C)c(N)cc1F. The third-order valence-electron chi connectivity index (χ3n) is 2.38. The monoisotopic (exact) mass is 226 g/mol. The number of carbonyl (C=O) groups is 1. The molecule has 0 aliphatic carbocycles. The van der Waals surface area contributed by atoms with Crippen molar-refractivity contribution in [2.24, 2.45) is 5.73 Å². The van der Waals surface area contributed by atoms with E-state index in [4.69, 9.17) is 11.5 Å². The first-order valence-corrected chi connectivity index (χ1v) is 4.83. The quantitative estimate of drug-likeness (QED) is 0.589. The Bertz CT molecular complexity index is 407. The van der Waals surface area contributed by atoms with Crippen LogP contribution in [0.1, 0.15) is 11.1 Å². The van der Waals surface area contributed by atoms with E-state index >= 15 is 0 Å². The topological polar surface area (TPSA) is 78.3 Å². The average Bonchev–Trinajstić information content (AvgIpc) is 2.24. The number of ether oxygens (including phenoxy) is 1. The molecule has 0 aliphatic heterocycles. The first kappa shape index (κ1) is 12.4. The van der Waals surface area contributed by atoms with Gasteiger partial charge in [0, 0.05) is 12.1 Å². The van der Waals surface area contributed by atoms with Crippen LogP contribution in [0.15, 0.2) is 12.1 Å². The zero-order chi connectivity index (χ0) is 12.3. The van der Waals surface area contributed by atoms with E-state index in [1.165, 1.54) is 13.2 Å². The molecule has 4 nitrogen and oxygen atoms in total. The van der Waals surface area contributed by atoms with Gasteiger partial charge in [0.25, 0.3) is 0 Å². The molecule has 1 aromatic carbocycles. The van der Waals surface area contributed by atoms with Gasteiger partial charge in [0.1, 0.15) is 11.9 Å². The number of hydrogen-bond acceptors (Lipinski definition) is 4. The highest BCUT2D eigenvalue weighted by Crippen LogP contribution is 2.18. The molecule has 0 amide bonds. The minimum Gasteiger partial charge on any atom is -0.468 e. The Hall–Kier alpha value is -1.62. The summed E-state index contributed by atoms with van der Waals surface area (Å²) in [5.74, 6) is -1.02. The number of rotatable bonds is 3. The first-order valence-electron chi connectivity index (χ1n) is 4.83. The largest absolute Gasteiger partial charge is 0.468 e. The molecule has 0 saturated heterocycles. The van der Waals surface area contributed by atoms with Crippen molar-refractivity contribution in [3.8, 4) is 0 Å². The summed E-state index contributed by atoms with van der Waals surface area (Å²) in [5, 5.41) is 0. The molecule has 0 aromatic heterocycles. The predicted octanol–water partition coefficient (Wildman–Crippen LogP) is 0.759. The number of nitrogens with two attached hydrogens (primary N) is 2. The molecular formula is C11H15FN2O2. The van der Waals surface area contributed by atoms with Crippen molar-refractivity contribution in [3.63, 3.8) is 0 Å². The number of benzene rings is 1. The molecule has 16 heavy (non-hydrogen) atoms. The summed E-state index contributed by atoms with van der Waals surface area (Å²) in [5.41, 5.74) is 12.6. The number of methoxy groups -OCH3 is 1. The summed E-state index contributed by atoms with van der Waals surface area (Å²) < 4.78 is 17.9. The molecule has 1 atom stereocenters. The Morgan fingerprint density at radius 3 is 2.75 bits per heavy atom. The van der Waals surface area contributed by atoms with Crippen LogP contribution < -0.4 is 11.5 Å². The fourth-order valence-corrected chi connectivity index (χ4v) is 1.38. The molecule has 0 spiro atoms. The van der Waals surface area contributed by atoms with Crippen LogP contribution in [0.5, 0.6) is 0 Å². The van der Waals surface area contributed by atoms with Crippen LogP contribution in [0.2, 0.25) is 0 Å². The summed E-state index contributed by atoms with van der Waals surface area (Å²) >= 11 is 0. The van der Waals surface area contributed by atoms with E-state index in [9.17, 15) is 9.18 Å². The number of anilines is 1. The summed E-state index contributed by atoms with van der Waals surface area (Å²) in [6.45, 7) is 1.77. The molecule has 5 heteroatoms. The van der Waals surface area contributed by atoms with Crippen LogP contribution in [-0.2, 0) is 16.0 Å². The van der Waals surface area contributed by atoms with Crippen LogP contribution in [0.3, 0.4) is 0 Å². The van der Waals surface area contributed by atoms with Gasteiger partial charge in [-0.05, 0) is 24.1 Å². The molecule has 1 aromatic rings. The molecule has 0 fully saturated rings. The van der Waals surface area contributed by atoms with Gasteiger partial charge in [-0.15, -0.1) is 0 Å². The van der Waals surface area contributed by atoms with Crippen LogP contribution in [0, 0.1) is 12.7 Å². The van der Waals surface area contributed by atoms with E-state index < -0.39 is 17.8 Å². The van der Waals surface area contributed by atoms with Crippen molar-refractivity contribution in [1.29, 1.82) is 0 Å². The minimum atomic E-state index is -0.859. The van der Waals surface area contributed by atoms with Crippen LogP contribution in [0.25, 0.3) is 0 Å². The van der Waals surface area contributed by atoms with Crippen molar-refractivity contribution in [1.82, 2.24) is 0 Å². The number of nitrogen functional groups attached to an aromatic ring is 1. The van der Waals surface area contributed by atoms with Crippen molar-refractivity contribution in [2.45, 2.75) is 19.4 Å². The second-order valence-electron chi connectivity index (χ2n) is 3.63. The Kier molecular flexibility index (Phi) is 3.84. The van der Waals surface area contributed by atoms with Gasteiger partial charge in [-0.1, -0.05) is 6.07 Å². The van der Waals surface area contributed by atoms with Crippen molar-refractivity contribution < 1.29 is 13.9 Å². The number of carbonyl (C=O) groups excluding carboxylic acids is 1. The lowest BCUT2D eigenvalue weighted by molar-refractivity contribution is -0.142. The first-order chi connectivity index (χ1) is 7.45. The van der Waals surface area contributed by atoms with E-state index in [2.05, 4.69) is 4.74 Å². The maximum atomic E-state index is 13.5. The normalized spacial score (nSPS) is 12.2. The van der Waals surface area contributed by atoms with E-state index in [1.54, 1.807) is 13.0 Å². The molecule has 1 rings (SSSR count). The molecule has 0 aliphatic rings. The van der Waals surface area contributed by atoms with Crippen LogP contribution >= 0.6 is 0 Å². The van der Waals surface area contributed by atoms with E-state index in [0.717, 1.165) is 5.56 Å². The van der Waals surface area contributed by atoms with Crippen molar-refractivity contribution >= 4 is 11.7 Å². The van der Waals surface area contributed by atoms with Crippen molar-refractivity contribution in [2.75, 3.05) is 12.8 Å². The highest BCUT2D eigenvalue weighted by atomic mass is 19.1. The third-order valence-corrected chi connectivity index (χ3v) is 2.38. The maximum absolute atomic E-state index is 13.5. The fraction of sp³-hybridized carbons (Fsp3) is 0.364. The molecule has 0 heterocycles. The van der Waals surface area contributed by atoms with Gasteiger partial charge in [0.05, 0.1) is 7.11 Å². The van der Waals surface area contributed by atoms with Crippen LogP contribution in [0.4, 0.5) is 10.1 Å². The second-order valence-corrected chi connectivity index (χ2v) is 3.63. The molecule has 0 bridgehead atoms. The zero-order valence-corrected chi connectivity index (χ0v) is 9.29. The van der Waals surface area contributed by atoms with Gasteiger partial charge in [0.15, 0.2) is 0 Å². The van der Waals surface area contributed by atoms with E-state index in [-0.39, 0.29) is 6.42 Å². The lowest BCUT2D eigenvalue weighted by atomic mass is 10.0. The molecule has 88 valence electrons. The molecule has 0 unspecified atom stereocenters. The van der Waals surface area contributed by atoms with Gasteiger partial charge in [-0.2, -0.15) is 0 Å². The number of halogens is 1. The summed E-state index contributed by atoms with van der Waals surface area (Å²) in [6, 6.07) is 1.96. The van der Waals surface area contributed by atoms with Gasteiger partial charge < -0.3 is 16.2 Å². The smallest absolute Gasteiger partial charge is 0.322 e. The van der Waals surface area contributed by atoms with Crippen molar-refractivity contribution in [3.05, 3.63) is 29.1 Å². The highest BCUT2D eigenvalue weighted by molar-refractivity contribution is 5.75. The molecular weight excluding hydrogens is 211 g/mol. The molecule has 0 radical (unpaired) electrons. The van der Waals surface area contributed by atoms with Gasteiger partial charge in [-0.3, -0.25) is 4.79 Å². The van der Waals surface area contributed by atoms with Gasteiger partial charge in [0.2, 0.25) is 0 Å². The summed E-state index contributed by atoms with van der Waals surface area (Å²) in [4.78, 5) is 11.1. The van der Waals surface area contributed by atoms with Gasteiger partial charge in [-0.25, -0.2) is 4.39 Å². The zero-order valence-electron chi connectivity index (χ0n) is 9.29. The summed E-state index contributed by atoms with van der Waals surface area (Å²) in [7, 11) is 1.24. The molecule has 4 N–H and O–H groups in total. The number of aryl methyl sites for hydroxylation is 1. The van der Waals surface area contributed by atoms with E-state index in [0.29, 0.717) is 11.3 Å². The number of esters is 1. The van der Waals surface area contributed by atoms with E-state index in [1.807, 2.05) is 0 Å². The predicted molar refractivity (Wildman–Crippen MR) is 59.2 cm³/mol. The highest BCUT2D eigenvalue weighted by Gasteiger charge is 2.17. The second kappa shape index (κ2) is 4.94. The van der Waals surface area contributed by atoms with Gasteiger partial charge >= 0.3 is 5.97 Å². The average molecular weight is 226 g/mol. The Labute approximate surface area is 93.4 Å². The Morgan fingerprint density at radius 2 is 2.19 bits per heavy atom. The summed E-state index contributed by atoms with van der Waals surface area (Å²) in [6.07, 6.45) is 0.0969. The standard InChI is InChI=1S/C11H15FN2O2/c1-6-3-7(8(12)5-9(6)13)4-10(14)11(15)16-2/h3,5,10H,4,13-14H2,1-2H3/t10-/m1/s1. The van der Waals surface area contributed by atoms with Crippen LogP contribution in [-0.4, -0.2) is 19.1 Å². The Balaban J connectivity index is 2.89. The lowest BCUT2D eigenvalue weighted by Crippen LogP contribution is -2.34. The fourth-order valence-electron chi connectivity index (χ4n) is 1.38. The molecule has 0 saturated carbocycles. The third kappa shape index (κ3) is 2.70.